The highest BCUT2D eigenvalue weighted by Crippen LogP contribution is 2.23. The first-order valence-corrected chi connectivity index (χ1v) is 6.58. The van der Waals surface area contributed by atoms with Crippen molar-refractivity contribution in [3.05, 3.63) is 26.8 Å². The fraction of sp³-hybridized carbons (Fsp3) is 0.273. The summed E-state index contributed by atoms with van der Waals surface area (Å²) in [5.41, 5.74) is 0.489. The Morgan fingerprint density at radius 1 is 1.50 bits per heavy atom. The largest absolute Gasteiger partial charge is 0.481 e. The van der Waals surface area contributed by atoms with Crippen molar-refractivity contribution in [1.82, 2.24) is 5.32 Å². The molecule has 0 saturated carbocycles. The molecule has 0 spiro atoms. The van der Waals surface area contributed by atoms with Crippen LogP contribution < -0.4 is 10.6 Å². The maximum Gasteiger partial charge on any atom is 0.319 e. The zero-order chi connectivity index (χ0) is 13.7. The predicted octanol–water partition coefficient (Wildman–Crippen LogP) is 2.93. The quantitative estimate of drug-likeness (QED) is 0.701. The summed E-state index contributed by atoms with van der Waals surface area (Å²) < 4.78 is 0.936. The van der Waals surface area contributed by atoms with Gasteiger partial charge in [-0.2, -0.15) is 0 Å². The molecule has 0 fully saturated rings. The van der Waals surface area contributed by atoms with E-state index in [4.69, 9.17) is 16.7 Å². The second-order valence-corrected chi connectivity index (χ2v) is 5.37. The number of anilines is 1. The van der Waals surface area contributed by atoms with Crippen molar-refractivity contribution >= 4 is 51.9 Å². The van der Waals surface area contributed by atoms with Gasteiger partial charge >= 0.3 is 12.0 Å². The van der Waals surface area contributed by atoms with Crippen LogP contribution in [0.4, 0.5) is 10.5 Å². The average molecular weight is 383 g/mol. The van der Waals surface area contributed by atoms with Gasteiger partial charge in [0.2, 0.25) is 0 Å². The van der Waals surface area contributed by atoms with Gasteiger partial charge in [-0.1, -0.05) is 11.6 Å². The number of benzene rings is 1. The summed E-state index contributed by atoms with van der Waals surface area (Å²) in [6.07, 6.45) is -0.131. The summed E-state index contributed by atoms with van der Waals surface area (Å²) in [6, 6.07) is 4.29. The molecule has 0 aliphatic heterocycles. The fourth-order valence-electron chi connectivity index (χ4n) is 1.29. The van der Waals surface area contributed by atoms with Crippen molar-refractivity contribution in [3.8, 4) is 0 Å². The van der Waals surface area contributed by atoms with Crippen LogP contribution in [0.1, 0.15) is 13.3 Å². The number of carbonyl (C=O) groups excluding carboxylic acids is 1. The number of hydrogen-bond acceptors (Lipinski definition) is 2. The molecule has 0 radical (unpaired) electrons. The normalized spacial score (nSPS) is 11.7. The monoisotopic (exact) mass is 382 g/mol. The first-order chi connectivity index (χ1) is 8.38. The zero-order valence-corrected chi connectivity index (χ0v) is 12.4. The summed E-state index contributed by atoms with van der Waals surface area (Å²) in [4.78, 5) is 22.0. The van der Waals surface area contributed by atoms with Gasteiger partial charge in [0.05, 0.1) is 17.1 Å². The van der Waals surface area contributed by atoms with E-state index in [1.807, 2.05) is 6.07 Å². The lowest BCUT2D eigenvalue weighted by Gasteiger charge is -2.13. The molecule has 1 aromatic carbocycles. The van der Waals surface area contributed by atoms with Crippen molar-refractivity contribution in [2.75, 3.05) is 5.32 Å². The van der Waals surface area contributed by atoms with Gasteiger partial charge in [0, 0.05) is 9.61 Å². The van der Waals surface area contributed by atoms with Crippen LogP contribution in [0.3, 0.4) is 0 Å². The molecule has 98 valence electrons. The minimum absolute atomic E-state index is 0.131. The van der Waals surface area contributed by atoms with Crippen LogP contribution in [0, 0.1) is 3.57 Å². The second-order valence-electron chi connectivity index (χ2n) is 3.72. The van der Waals surface area contributed by atoms with Gasteiger partial charge in [-0.25, -0.2) is 4.79 Å². The zero-order valence-electron chi connectivity index (χ0n) is 9.54. The number of halogens is 2. The van der Waals surface area contributed by atoms with E-state index in [1.165, 1.54) is 0 Å². The van der Waals surface area contributed by atoms with E-state index in [9.17, 15) is 9.59 Å². The second kappa shape index (κ2) is 6.79. The minimum atomic E-state index is -0.963. The van der Waals surface area contributed by atoms with E-state index in [1.54, 1.807) is 19.1 Å². The molecule has 0 heterocycles. The van der Waals surface area contributed by atoms with Crippen molar-refractivity contribution in [2.24, 2.45) is 0 Å². The molecule has 1 rings (SSSR count). The summed E-state index contributed by atoms with van der Waals surface area (Å²) in [5.74, 6) is -0.963. The molecule has 0 aliphatic rings. The molecule has 5 nitrogen and oxygen atoms in total. The first kappa shape index (κ1) is 15.0. The van der Waals surface area contributed by atoms with Crippen LogP contribution in [-0.2, 0) is 4.79 Å². The highest BCUT2D eigenvalue weighted by atomic mass is 127. The van der Waals surface area contributed by atoms with Crippen molar-refractivity contribution in [3.63, 3.8) is 0 Å². The van der Waals surface area contributed by atoms with Gasteiger partial charge in [-0.05, 0) is 47.7 Å². The number of hydrogen-bond donors (Lipinski definition) is 3. The Hall–Kier alpha value is -1.02. The Bertz CT molecular complexity index is 468. The van der Waals surface area contributed by atoms with Crippen LogP contribution in [-0.4, -0.2) is 23.1 Å². The highest BCUT2D eigenvalue weighted by molar-refractivity contribution is 14.1. The topological polar surface area (TPSA) is 78.4 Å². The lowest BCUT2D eigenvalue weighted by molar-refractivity contribution is -0.137. The molecular formula is C11H12ClIN2O3. The average Bonchev–Trinajstić information content (AvgIpc) is 2.21. The molecule has 0 aliphatic carbocycles. The third kappa shape index (κ3) is 5.09. The minimum Gasteiger partial charge on any atom is -0.481 e. The van der Waals surface area contributed by atoms with Gasteiger partial charge in [-0.15, -0.1) is 0 Å². The molecule has 0 saturated heterocycles. The fourth-order valence-corrected chi connectivity index (χ4v) is 1.94. The lowest BCUT2D eigenvalue weighted by atomic mass is 10.2. The van der Waals surface area contributed by atoms with E-state index >= 15 is 0 Å². The molecule has 3 N–H and O–H groups in total. The van der Waals surface area contributed by atoms with E-state index in [2.05, 4.69) is 33.2 Å². The number of carboxylic acids is 1. The van der Waals surface area contributed by atoms with E-state index < -0.39 is 18.0 Å². The molecule has 0 bridgehead atoms. The van der Waals surface area contributed by atoms with Crippen LogP contribution in [0.2, 0.25) is 5.02 Å². The third-order valence-electron chi connectivity index (χ3n) is 2.03. The number of urea groups is 1. The van der Waals surface area contributed by atoms with Crippen LogP contribution in [0.5, 0.6) is 0 Å². The standard InChI is InChI=1S/C11H12ClIN2O3/c1-6(4-10(16)17)14-11(18)15-9-5-7(13)2-3-8(9)12/h2-3,5-6H,4H2,1H3,(H,16,17)(H2,14,15,18). The lowest BCUT2D eigenvalue weighted by Crippen LogP contribution is -2.37. The Labute approximate surface area is 123 Å². The number of amides is 2. The summed E-state index contributed by atoms with van der Waals surface area (Å²) in [6.45, 7) is 1.62. The molecular weight excluding hydrogens is 370 g/mol. The van der Waals surface area contributed by atoms with Gasteiger partial charge in [0.1, 0.15) is 0 Å². The van der Waals surface area contributed by atoms with Crippen LogP contribution in [0.25, 0.3) is 0 Å². The van der Waals surface area contributed by atoms with E-state index in [-0.39, 0.29) is 6.42 Å². The van der Waals surface area contributed by atoms with Gasteiger partial charge in [-0.3, -0.25) is 4.79 Å². The van der Waals surface area contributed by atoms with Crippen LogP contribution >= 0.6 is 34.2 Å². The molecule has 1 unspecified atom stereocenters. The molecule has 18 heavy (non-hydrogen) atoms. The summed E-state index contributed by atoms with van der Waals surface area (Å²) in [7, 11) is 0. The maximum atomic E-state index is 11.6. The Morgan fingerprint density at radius 2 is 2.17 bits per heavy atom. The molecule has 1 atom stereocenters. The number of aliphatic carboxylic acids is 1. The maximum absolute atomic E-state index is 11.6. The number of carbonyl (C=O) groups is 2. The van der Waals surface area contributed by atoms with Crippen LogP contribution in [0.15, 0.2) is 18.2 Å². The van der Waals surface area contributed by atoms with Gasteiger partial charge < -0.3 is 15.7 Å². The third-order valence-corrected chi connectivity index (χ3v) is 3.04. The van der Waals surface area contributed by atoms with Crippen molar-refractivity contribution in [1.29, 1.82) is 0 Å². The SMILES string of the molecule is CC(CC(=O)O)NC(=O)Nc1cc(I)ccc1Cl. The molecule has 2 amide bonds. The van der Waals surface area contributed by atoms with Gasteiger partial charge in [0.15, 0.2) is 0 Å². The molecule has 0 aromatic heterocycles. The van der Waals surface area contributed by atoms with Crippen molar-refractivity contribution < 1.29 is 14.7 Å². The molecule has 1 aromatic rings. The number of rotatable bonds is 4. The Morgan fingerprint density at radius 3 is 2.78 bits per heavy atom. The van der Waals surface area contributed by atoms with E-state index in [0.717, 1.165) is 3.57 Å². The van der Waals surface area contributed by atoms with Crippen molar-refractivity contribution in [2.45, 2.75) is 19.4 Å². The molecule has 7 heteroatoms. The van der Waals surface area contributed by atoms with E-state index in [0.29, 0.717) is 10.7 Å². The summed E-state index contributed by atoms with van der Waals surface area (Å²) in [5, 5.41) is 14.1. The number of carboxylic acid groups (broad SMARTS) is 1. The summed E-state index contributed by atoms with van der Waals surface area (Å²) >= 11 is 8.02. The van der Waals surface area contributed by atoms with Gasteiger partial charge in [0.25, 0.3) is 0 Å². The first-order valence-electron chi connectivity index (χ1n) is 5.13. The highest BCUT2D eigenvalue weighted by Gasteiger charge is 2.12. The smallest absolute Gasteiger partial charge is 0.319 e. The Balaban J connectivity index is 2.59. The number of nitrogens with one attached hydrogen (secondary N) is 2. The predicted molar refractivity (Wildman–Crippen MR) is 78.0 cm³/mol. The Kier molecular flexibility index (Phi) is 5.67.